The van der Waals surface area contributed by atoms with E-state index in [1.807, 2.05) is 6.92 Å². The normalized spacial score (nSPS) is 12.4. The first-order valence-electron chi connectivity index (χ1n) is 19.4. The van der Waals surface area contributed by atoms with Gasteiger partial charge in [-0.1, -0.05) is 66.9 Å². The Bertz CT molecular complexity index is 1740. The van der Waals surface area contributed by atoms with Crippen LogP contribution >= 0.6 is 0 Å². The van der Waals surface area contributed by atoms with Crippen molar-refractivity contribution >= 4 is 48.0 Å². The Balaban J connectivity index is 2.19. The van der Waals surface area contributed by atoms with Gasteiger partial charge < -0.3 is 44.1 Å². The van der Waals surface area contributed by atoms with Crippen molar-refractivity contribution in [2.75, 3.05) is 26.9 Å². The highest BCUT2D eigenvalue weighted by atomic mass is 16.7. The summed E-state index contributed by atoms with van der Waals surface area (Å²) in [5.74, 6) is -6.94. The van der Waals surface area contributed by atoms with E-state index >= 15 is 0 Å². The Morgan fingerprint density at radius 1 is 0.814 bits per heavy atom. The highest BCUT2D eigenvalue weighted by Crippen LogP contribution is 2.29. The van der Waals surface area contributed by atoms with Gasteiger partial charge in [0.2, 0.25) is 25.9 Å². The van der Waals surface area contributed by atoms with Crippen LogP contribution in [0.4, 0.5) is 0 Å². The van der Waals surface area contributed by atoms with Gasteiger partial charge in [0.15, 0.2) is 5.76 Å². The van der Waals surface area contributed by atoms with Crippen molar-refractivity contribution in [3.8, 4) is 17.1 Å². The summed E-state index contributed by atoms with van der Waals surface area (Å²) in [6.45, 7) is 10.1. The summed E-state index contributed by atoms with van der Waals surface area (Å²) in [6, 6.07) is 4.84. The second-order valence-electron chi connectivity index (χ2n) is 13.8. The minimum Gasteiger partial charge on any atom is -0.493 e. The Morgan fingerprint density at radius 3 is 2.05 bits per heavy atom. The van der Waals surface area contributed by atoms with Crippen molar-refractivity contribution in [3.05, 3.63) is 41.7 Å². The van der Waals surface area contributed by atoms with Gasteiger partial charge in [-0.2, -0.15) is 0 Å². The second kappa shape index (κ2) is 25.4. The van der Waals surface area contributed by atoms with E-state index in [0.717, 1.165) is 12.8 Å². The van der Waals surface area contributed by atoms with Gasteiger partial charge in [0.1, 0.15) is 17.6 Å². The van der Waals surface area contributed by atoms with Crippen molar-refractivity contribution in [1.29, 1.82) is 0 Å². The molecule has 0 aliphatic heterocycles. The van der Waals surface area contributed by atoms with Crippen LogP contribution in [0.3, 0.4) is 0 Å². The van der Waals surface area contributed by atoms with Crippen LogP contribution in [0.25, 0.3) is 11.3 Å². The zero-order chi connectivity index (χ0) is 44.1. The first-order valence-corrected chi connectivity index (χ1v) is 19.4. The number of benzene rings is 1. The first kappa shape index (κ1) is 49.2. The second-order valence-corrected chi connectivity index (χ2v) is 13.8. The van der Waals surface area contributed by atoms with Crippen molar-refractivity contribution < 1.29 is 71.7 Å². The number of hydroxylamine groups is 2. The Labute approximate surface area is 342 Å². The minimum absolute atomic E-state index is 0.0451. The topological polar surface area (TPSA) is 255 Å². The highest BCUT2D eigenvalue weighted by molar-refractivity contribution is 6.00. The van der Waals surface area contributed by atoms with Crippen LogP contribution in [0.5, 0.6) is 5.75 Å². The molecule has 0 radical (unpaired) electrons. The maximum absolute atomic E-state index is 13.5. The largest absolute Gasteiger partial charge is 0.493 e. The molecule has 1 aromatic heterocycles. The van der Waals surface area contributed by atoms with E-state index in [2.05, 4.69) is 16.0 Å². The van der Waals surface area contributed by atoms with Crippen molar-refractivity contribution in [2.24, 2.45) is 17.8 Å². The average molecular weight is 833 g/mol. The van der Waals surface area contributed by atoms with Gasteiger partial charge in [0.05, 0.1) is 49.1 Å². The maximum Gasteiger partial charge on any atom is 0.332 e. The molecule has 19 nitrogen and oxygen atoms in total. The summed E-state index contributed by atoms with van der Waals surface area (Å²) in [7, 11) is 0. The first-order chi connectivity index (χ1) is 28.1. The Morgan fingerprint density at radius 2 is 1.46 bits per heavy atom. The molecule has 4 amide bonds. The number of carbonyl (C=O) groups is 8. The van der Waals surface area contributed by atoms with Crippen LogP contribution in [-0.2, 0) is 47.7 Å². The van der Waals surface area contributed by atoms with Gasteiger partial charge in [-0.05, 0) is 44.0 Å². The summed E-state index contributed by atoms with van der Waals surface area (Å²) in [4.78, 5) is 99.9. The number of nitrogens with zero attached hydrogens (tertiary/aromatic N) is 1. The van der Waals surface area contributed by atoms with Gasteiger partial charge in [-0.15, -0.1) is 0 Å². The maximum atomic E-state index is 13.5. The lowest BCUT2D eigenvalue weighted by Crippen LogP contribution is -2.47. The zero-order valence-electron chi connectivity index (χ0n) is 34.5. The molecule has 4 N–H and O–H groups in total. The van der Waals surface area contributed by atoms with Gasteiger partial charge >= 0.3 is 23.9 Å². The van der Waals surface area contributed by atoms with E-state index in [0.29, 0.717) is 29.9 Å². The Kier molecular flexibility index (Phi) is 21.2. The number of unbranched alkanes of at least 4 members (excludes halogenated alkanes) is 2. The molecule has 2 aromatic rings. The molecule has 0 spiro atoms. The van der Waals surface area contributed by atoms with E-state index in [1.54, 1.807) is 41.5 Å². The van der Waals surface area contributed by atoms with E-state index in [9.17, 15) is 43.6 Å². The smallest absolute Gasteiger partial charge is 0.332 e. The van der Waals surface area contributed by atoms with Gasteiger partial charge in [0.25, 0.3) is 11.8 Å². The van der Waals surface area contributed by atoms with E-state index in [4.69, 9.17) is 28.1 Å². The molecule has 0 aliphatic carbocycles. The van der Waals surface area contributed by atoms with Crippen molar-refractivity contribution in [2.45, 2.75) is 99.1 Å². The summed E-state index contributed by atoms with van der Waals surface area (Å²) in [5.41, 5.74) is 0.332. The van der Waals surface area contributed by atoms with E-state index in [1.165, 1.54) is 30.3 Å². The van der Waals surface area contributed by atoms with Gasteiger partial charge in [-0.25, -0.2) is 9.86 Å². The van der Waals surface area contributed by atoms with Crippen molar-refractivity contribution in [1.82, 2.24) is 21.0 Å². The third-order valence-electron chi connectivity index (χ3n) is 8.66. The fourth-order valence-electron chi connectivity index (χ4n) is 5.42. The standard InChI is InChI=1S/C40H56N4O15/c1-8-11-12-13-27(30(9-2)44(53)21-45)35(47)41-20-42-37(49)32-17-16-31(59-32)26-14-15-28(33(18-26)54-10-3)36(48)43-29(40(52)58-23-57-39(51)25(6)7)19-34(46)55-22-56-38(50)24(4)5/h14-18,21,24-25,27,29-30,53H,8-13,19-20,22-23H2,1-7H3,(H,41,47)(H,42,49)(H,43,48)/t27?,29?,30-/m1/s1. The van der Waals surface area contributed by atoms with Gasteiger partial charge in [0, 0.05) is 5.56 Å². The predicted molar refractivity (Wildman–Crippen MR) is 207 cm³/mol. The van der Waals surface area contributed by atoms with Crippen LogP contribution in [0.15, 0.2) is 34.7 Å². The number of esters is 4. The molecule has 3 atom stereocenters. The third kappa shape index (κ3) is 16.1. The molecule has 326 valence electrons. The van der Waals surface area contributed by atoms with Crippen LogP contribution < -0.4 is 20.7 Å². The SMILES string of the molecule is CCCCCC(C(=O)NCNC(=O)c1ccc(-c2ccc(C(=O)NC(CC(=O)OCOC(=O)C(C)C)C(=O)OCOC(=O)C(C)C)c(OCC)c2)o1)[C@@H](CC)N(O)C=O. The van der Waals surface area contributed by atoms with Crippen molar-refractivity contribution in [3.63, 3.8) is 0 Å². The molecule has 2 unspecified atom stereocenters. The van der Waals surface area contributed by atoms with Gasteiger partial charge in [-0.3, -0.25) is 38.8 Å². The number of ether oxygens (including phenoxy) is 5. The molecule has 0 saturated heterocycles. The molecule has 1 heterocycles. The predicted octanol–water partition coefficient (Wildman–Crippen LogP) is 3.86. The molecule has 2 rings (SSSR count). The monoisotopic (exact) mass is 832 g/mol. The number of nitrogens with one attached hydrogen (secondary N) is 3. The van der Waals surface area contributed by atoms with Crippen LogP contribution in [0.1, 0.15) is 108 Å². The van der Waals surface area contributed by atoms with Crippen LogP contribution in [-0.4, -0.2) is 97.2 Å². The molecular weight excluding hydrogens is 776 g/mol. The number of amides is 4. The molecule has 59 heavy (non-hydrogen) atoms. The number of hydrogen-bond acceptors (Lipinski definition) is 15. The molecule has 0 saturated carbocycles. The average Bonchev–Trinajstić information content (AvgIpc) is 3.70. The highest BCUT2D eigenvalue weighted by Gasteiger charge is 2.31. The van der Waals surface area contributed by atoms with E-state index in [-0.39, 0.29) is 42.5 Å². The lowest BCUT2D eigenvalue weighted by molar-refractivity contribution is -0.175. The molecule has 0 aliphatic rings. The summed E-state index contributed by atoms with van der Waals surface area (Å²) >= 11 is 0. The summed E-state index contributed by atoms with van der Waals surface area (Å²) in [5, 5.41) is 18.1. The molecule has 0 bridgehead atoms. The number of furan rings is 1. The number of rotatable bonds is 26. The molecule has 0 fully saturated rings. The number of carbonyl (C=O) groups excluding carboxylic acids is 8. The van der Waals surface area contributed by atoms with Crippen LogP contribution in [0, 0.1) is 17.8 Å². The summed E-state index contributed by atoms with van der Waals surface area (Å²) < 4.78 is 31.1. The quantitative estimate of drug-likeness (QED) is 0.0262. The third-order valence-corrected chi connectivity index (χ3v) is 8.66. The lowest BCUT2D eigenvalue weighted by atomic mass is 9.90. The molecule has 1 aromatic carbocycles. The Hall–Kier alpha value is -5.98. The van der Waals surface area contributed by atoms with E-state index < -0.39 is 91.4 Å². The molecular formula is C40H56N4O15. The zero-order valence-corrected chi connectivity index (χ0v) is 34.5. The lowest BCUT2D eigenvalue weighted by Gasteiger charge is -2.29. The fraction of sp³-hybridized carbons (Fsp3) is 0.550. The molecule has 19 heteroatoms. The number of hydrogen-bond donors (Lipinski definition) is 4. The van der Waals surface area contributed by atoms with Crippen LogP contribution in [0.2, 0.25) is 0 Å². The fourth-order valence-corrected chi connectivity index (χ4v) is 5.42. The summed E-state index contributed by atoms with van der Waals surface area (Å²) in [6.07, 6.45) is 2.76. The minimum atomic E-state index is -1.64.